The van der Waals surface area contributed by atoms with Crippen molar-refractivity contribution in [3.63, 3.8) is 0 Å². The maximum Gasteiger partial charge on any atom is 0.328 e. The number of carbonyl (C=O) groups excluding carboxylic acids is 2. The highest BCUT2D eigenvalue weighted by atomic mass is 16.2. The number of allylic oxidation sites excluding steroid dienone is 1. The minimum atomic E-state index is -0.496. The van der Waals surface area contributed by atoms with Gasteiger partial charge in [0.2, 0.25) is 5.96 Å². The predicted octanol–water partition coefficient (Wildman–Crippen LogP) is 1.95. The highest BCUT2D eigenvalue weighted by molar-refractivity contribution is 6.04. The number of rotatable bonds is 3. The molecule has 7 heteroatoms. The first-order chi connectivity index (χ1) is 12.4. The maximum atomic E-state index is 13.2. The van der Waals surface area contributed by atoms with Crippen LogP contribution in [0.25, 0.3) is 0 Å². The summed E-state index contributed by atoms with van der Waals surface area (Å²) in [6, 6.07) is 7.09. The van der Waals surface area contributed by atoms with Gasteiger partial charge in [-0.05, 0) is 26.3 Å². The molecule has 2 unspecified atom stereocenters. The summed E-state index contributed by atoms with van der Waals surface area (Å²) in [5.41, 5.74) is 3.11. The molecular formula is C19H23N5O2. The van der Waals surface area contributed by atoms with Gasteiger partial charge in [0, 0.05) is 25.5 Å². The smallest absolute Gasteiger partial charge is 0.315 e. The van der Waals surface area contributed by atoms with E-state index in [0.29, 0.717) is 0 Å². The third-order valence-electron chi connectivity index (χ3n) is 5.24. The lowest BCUT2D eigenvalue weighted by atomic mass is 10.1. The lowest BCUT2D eigenvalue weighted by Crippen LogP contribution is -2.63. The lowest BCUT2D eigenvalue weighted by Gasteiger charge is -2.40. The highest BCUT2D eigenvalue weighted by Gasteiger charge is 2.53. The minimum absolute atomic E-state index is 0.194. The van der Waals surface area contributed by atoms with Gasteiger partial charge < -0.3 is 14.7 Å². The molecule has 7 nitrogen and oxygen atoms in total. The number of hydrogen-bond acceptors (Lipinski definition) is 5. The van der Waals surface area contributed by atoms with Gasteiger partial charge in [0.25, 0.3) is 5.91 Å². The summed E-state index contributed by atoms with van der Waals surface area (Å²) in [5, 5.41) is 0. The van der Waals surface area contributed by atoms with Crippen LogP contribution < -0.4 is 0 Å². The topological polar surface area (TPSA) is 59.5 Å². The number of carbonyl (C=O) groups is 2. The molecule has 26 heavy (non-hydrogen) atoms. The largest absolute Gasteiger partial charge is 0.328 e. The Kier molecular flexibility index (Phi) is 3.75. The van der Waals surface area contributed by atoms with Crippen LogP contribution >= 0.6 is 0 Å². The van der Waals surface area contributed by atoms with E-state index >= 15 is 0 Å². The summed E-state index contributed by atoms with van der Waals surface area (Å²) in [5.74, 6) is 0.561. The van der Waals surface area contributed by atoms with Gasteiger partial charge >= 0.3 is 6.03 Å². The van der Waals surface area contributed by atoms with E-state index in [4.69, 9.17) is 0 Å². The van der Waals surface area contributed by atoms with E-state index < -0.39 is 12.2 Å². The first kappa shape index (κ1) is 16.6. The summed E-state index contributed by atoms with van der Waals surface area (Å²) in [6.07, 6.45) is 1.48. The minimum Gasteiger partial charge on any atom is -0.315 e. The standard InChI is InChI=1S/C19H23N5O2/c1-5-22-13(3)10-23-15-16(20-18(22)23)21(4)19(26)24(17(15)25)11-14-8-6-7-12(2)9-14/h6-10,15-16H,5,11H2,1-4H3. The molecular weight excluding hydrogens is 330 g/mol. The van der Waals surface area contributed by atoms with Crippen LogP contribution in [0, 0.1) is 6.92 Å². The van der Waals surface area contributed by atoms with Crippen LogP contribution in [0.4, 0.5) is 4.79 Å². The Hall–Kier alpha value is -2.83. The summed E-state index contributed by atoms with van der Waals surface area (Å²) in [6.45, 7) is 7.10. The number of urea groups is 1. The monoisotopic (exact) mass is 353 g/mol. The molecule has 0 N–H and O–H groups in total. The molecule has 0 bridgehead atoms. The van der Waals surface area contributed by atoms with Crippen LogP contribution in [0.1, 0.15) is 25.0 Å². The molecule has 1 saturated heterocycles. The fraction of sp³-hybridized carbons (Fsp3) is 0.421. The van der Waals surface area contributed by atoms with Gasteiger partial charge in [-0.1, -0.05) is 29.8 Å². The first-order valence-corrected chi connectivity index (χ1v) is 8.88. The second-order valence-corrected chi connectivity index (χ2v) is 7.02. The summed E-state index contributed by atoms with van der Waals surface area (Å²) in [4.78, 5) is 37.6. The number of fused-ring (bicyclic) bond motifs is 3. The van der Waals surface area contributed by atoms with Gasteiger partial charge in [-0.2, -0.15) is 0 Å². The summed E-state index contributed by atoms with van der Waals surface area (Å²) >= 11 is 0. The normalized spacial score (nSPS) is 24.8. The number of benzene rings is 1. The van der Waals surface area contributed by atoms with E-state index in [9.17, 15) is 9.59 Å². The Morgan fingerprint density at radius 2 is 1.92 bits per heavy atom. The number of aliphatic imine (C=N–C) groups is 1. The molecule has 1 aromatic rings. The molecule has 0 aromatic heterocycles. The molecule has 0 saturated carbocycles. The maximum absolute atomic E-state index is 13.2. The molecule has 3 amide bonds. The zero-order valence-corrected chi connectivity index (χ0v) is 15.5. The van der Waals surface area contributed by atoms with E-state index in [-0.39, 0.29) is 18.5 Å². The molecule has 3 heterocycles. The van der Waals surface area contributed by atoms with Crippen LogP contribution in [0.15, 0.2) is 41.2 Å². The second kappa shape index (κ2) is 5.86. The van der Waals surface area contributed by atoms with E-state index in [1.807, 2.05) is 56.1 Å². The lowest BCUT2D eigenvalue weighted by molar-refractivity contribution is -0.137. The van der Waals surface area contributed by atoms with Crippen molar-refractivity contribution < 1.29 is 9.59 Å². The third-order valence-corrected chi connectivity index (χ3v) is 5.24. The average molecular weight is 353 g/mol. The van der Waals surface area contributed by atoms with Crippen molar-refractivity contribution in [2.24, 2.45) is 4.99 Å². The number of aryl methyl sites for hydroxylation is 1. The van der Waals surface area contributed by atoms with Gasteiger partial charge in [0.1, 0.15) is 0 Å². The van der Waals surface area contributed by atoms with Gasteiger partial charge in [-0.25, -0.2) is 9.79 Å². The van der Waals surface area contributed by atoms with Crippen molar-refractivity contribution in [3.8, 4) is 0 Å². The Balaban J connectivity index is 1.66. The molecule has 1 fully saturated rings. The third kappa shape index (κ3) is 2.30. The highest BCUT2D eigenvalue weighted by Crippen LogP contribution is 2.34. The van der Waals surface area contributed by atoms with E-state index in [1.54, 1.807) is 11.9 Å². The van der Waals surface area contributed by atoms with E-state index in [0.717, 1.165) is 29.3 Å². The predicted molar refractivity (Wildman–Crippen MR) is 97.9 cm³/mol. The Morgan fingerprint density at radius 1 is 1.15 bits per heavy atom. The number of nitrogens with zero attached hydrogens (tertiary/aromatic N) is 5. The molecule has 136 valence electrons. The summed E-state index contributed by atoms with van der Waals surface area (Å²) in [7, 11) is 1.72. The number of guanidine groups is 1. The van der Waals surface area contributed by atoms with Gasteiger partial charge in [-0.15, -0.1) is 0 Å². The van der Waals surface area contributed by atoms with Crippen LogP contribution in [0.2, 0.25) is 0 Å². The molecule has 4 rings (SSSR count). The van der Waals surface area contributed by atoms with Crippen molar-refractivity contribution >= 4 is 17.9 Å². The quantitative estimate of drug-likeness (QED) is 0.833. The van der Waals surface area contributed by atoms with Gasteiger partial charge in [0.15, 0.2) is 12.2 Å². The van der Waals surface area contributed by atoms with E-state index in [2.05, 4.69) is 9.89 Å². The van der Waals surface area contributed by atoms with Crippen LogP contribution in [0.3, 0.4) is 0 Å². The van der Waals surface area contributed by atoms with Crippen LogP contribution in [-0.2, 0) is 11.3 Å². The van der Waals surface area contributed by atoms with Crippen molar-refractivity contribution in [1.82, 2.24) is 19.6 Å². The Morgan fingerprint density at radius 3 is 2.62 bits per heavy atom. The fourth-order valence-corrected chi connectivity index (χ4v) is 3.93. The number of imide groups is 1. The van der Waals surface area contributed by atoms with Gasteiger partial charge in [-0.3, -0.25) is 9.69 Å². The molecule has 0 spiro atoms. The van der Waals surface area contributed by atoms with E-state index in [1.165, 1.54) is 4.90 Å². The number of hydrogen-bond donors (Lipinski definition) is 0. The molecule has 0 radical (unpaired) electrons. The van der Waals surface area contributed by atoms with Crippen molar-refractivity contribution in [1.29, 1.82) is 0 Å². The van der Waals surface area contributed by atoms with Gasteiger partial charge in [0.05, 0.1) is 6.54 Å². The van der Waals surface area contributed by atoms with Crippen LogP contribution in [-0.4, -0.2) is 63.3 Å². The molecule has 2 atom stereocenters. The average Bonchev–Trinajstić information content (AvgIpc) is 3.11. The molecule has 3 aliphatic rings. The second-order valence-electron chi connectivity index (χ2n) is 7.02. The molecule has 0 aliphatic carbocycles. The zero-order valence-electron chi connectivity index (χ0n) is 15.5. The first-order valence-electron chi connectivity index (χ1n) is 8.88. The SMILES string of the molecule is CCN1C(C)=CN2C1=NC1C2C(=O)N(Cc2cccc(C)c2)C(=O)N1C. The molecule has 1 aromatic carbocycles. The number of amides is 3. The summed E-state index contributed by atoms with van der Waals surface area (Å²) < 4.78 is 0. The molecule has 3 aliphatic heterocycles. The zero-order chi connectivity index (χ0) is 18.6. The van der Waals surface area contributed by atoms with Crippen molar-refractivity contribution in [3.05, 3.63) is 47.3 Å². The Labute approximate surface area is 153 Å². The number of likely N-dealkylation sites (N-methyl/N-ethyl adjacent to an activating group) is 1. The Bertz CT molecular complexity index is 846. The van der Waals surface area contributed by atoms with Crippen molar-refractivity contribution in [2.75, 3.05) is 13.6 Å². The van der Waals surface area contributed by atoms with Crippen molar-refractivity contribution in [2.45, 2.75) is 39.5 Å². The fourth-order valence-electron chi connectivity index (χ4n) is 3.93. The van der Waals surface area contributed by atoms with Crippen LogP contribution in [0.5, 0.6) is 0 Å².